The molecule has 1 aromatic heterocycles. The number of carbonyl (C=O) groups is 2. The highest BCUT2D eigenvalue weighted by Gasteiger charge is 2.34. The molecule has 1 saturated heterocycles. The van der Waals surface area contributed by atoms with Gasteiger partial charge in [0.2, 0.25) is 0 Å². The number of nitrogens with one attached hydrogen (secondary N) is 1. The number of anilines is 3. The van der Waals surface area contributed by atoms with Crippen LogP contribution in [0.15, 0.2) is 54.9 Å². The third-order valence-electron chi connectivity index (χ3n) is 8.52. The summed E-state index contributed by atoms with van der Waals surface area (Å²) < 4.78 is 10.7. The van der Waals surface area contributed by atoms with Crippen LogP contribution in [0.25, 0.3) is 0 Å². The van der Waals surface area contributed by atoms with E-state index in [2.05, 4.69) is 26.3 Å². The minimum Gasteiger partial charge on any atom is -0.497 e. The number of piperidine rings is 1. The van der Waals surface area contributed by atoms with Gasteiger partial charge in [-0.25, -0.2) is 14.8 Å². The molecule has 3 aromatic rings. The molecular weight excluding hydrogens is 520 g/mol. The Kier molecular flexibility index (Phi) is 7.74. The third-order valence-corrected chi connectivity index (χ3v) is 8.52. The van der Waals surface area contributed by atoms with E-state index in [0.717, 1.165) is 67.3 Å². The molecule has 3 aliphatic rings. The van der Waals surface area contributed by atoms with Gasteiger partial charge in [0, 0.05) is 69.3 Å². The molecule has 0 aliphatic carbocycles. The van der Waals surface area contributed by atoms with Gasteiger partial charge in [0.1, 0.15) is 23.6 Å². The van der Waals surface area contributed by atoms with Crippen LogP contribution >= 0.6 is 0 Å². The summed E-state index contributed by atoms with van der Waals surface area (Å²) in [5, 5.41) is 3.08. The van der Waals surface area contributed by atoms with Crippen molar-refractivity contribution in [1.82, 2.24) is 14.9 Å². The maximum atomic E-state index is 13.7. The molecule has 214 valence electrons. The van der Waals surface area contributed by atoms with Crippen molar-refractivity contribution in [3.8, 4) is 5.75 Å². The second-order valence-corrected chi connectivity index (χ2v) is 10.8. The fraction of sp³-hybridized carbons (Fsp3) is 0.419. The Labute approximate surface area is 240 Å². The van der Waals surface area contributed by atoms with Gasteiger partial charge in [-0.1, -0.05) is 18.2 Å². The molecule has 10 nitrogen and oxygen atoms in total. The van der Waals surface area contributed by atoms with Crippen LogP contribution < -0.4 is 19.9 Å². The first-order chi connectivity index (χ1) is 20.1. The molecule has 41 heavy (non-hydrogen) atoms. The van der Waals surface area contributed by atoms with Crippen molar-refractivity contribution in [2.75, 3.05) is 62.1 Å². The summed E-state index contributed by atoms with van der Waals surface area (Å²) in [6.07, 6.45) is 4.75. The Bertz CT molecular complexity index is 1420. The fourth-order valence-electron chi connectivity index (χ4n) is 6.28. The second-order valence-electron chi connectivity index (χ2n) is 10.8. The normalized spacial score (nSPS) is 18.9. The minimum atomic E-state index is -0.117. The Morgan fingerprint density at radius 3 is 2.68 bits per heavy atom. The summed E-state index contributed by atoms with van der Waals surface area (Å²) in [5.74, 6) is 1.65. The summed E-state index contributed by atoms with van der Waals surface area (Å²) in [6, 6.07) is 15.7. The third kappa shape index (κ3) is 5.44. The predicted octanol–water partition coefficient (Wildman–Crippen LogP) is 4.32. The number of aromatic nitrogens is 2. The van der Waals surface area contributed by atoms with Gasteiger partial charge in [0.05, 0.1) is 7.11 Å². The first kappa shape index (κ1) is 27.0. The Morgan fingerprint density at radius 2 is 1.88 bits per heavy atom. The summed E-state index contributed by atoms with van der Waals surface area (Å²) >= 11 is 0. The molecule has 2 aromatic carbocycles. The van der Waals surface area contributed by atoms with E-state index in [0.29, 0.717) is 25.4 Å². The van der Waals surface area contributed by atoms with E-state index in [1.54, 1.807) is 20.3 Å². The van der Waals surface area contributed by atoms with E-state index in [1.165, 1.54) is 11.9 Å². The van der Waals surface area contributed by atoms with Gasteiger partial charge < -0.3 is 29.5 Å². The van der Waals surface area contributed by atoms with Crippen LogP contribution in [0.5, 0.6) is 5.75 Å². The molecule has 0 bridgehead atoms. The zero-order valence-electron chi connectivity index (χ0n) is 23.6. The molecule has 3 amide bonds. The quantitative estimate of drug-likeness (QED) is 0.463. The molecule has 3 aliphatic heterocycles. The van der Waals surface area contributed by atoms with Crippen molar-refractivity contribution in [3.05, 3.63) is 71.7 Å². The zero-order chi connectivity index (χ0) is 28.3. The molecule has 0 radical (unpaired) electrons. The lowest BCUT2D eigenvalue weighted by Gasteiger charge is -2.38. The number of methoxy groups -OCH3 is 2. The van der Waals surface area contributed by atoms with E-state index in [4.69, 9.17) is 9.47 Å². The van der Waals surface area contributed by atoms with Gasteiger partial charge in [-0.05, 0) is 61.1 Å². The standard InChI is InChI=1S/C31H36N6O4/c1-40-16-12-22-19-37(28-6-4-3-5-25(22)28)30(38)27-18-29(33-20-32-27)35-13-10-23(11-14-35)36-15-9-21-17-24(41-2)7-8-26(21)34-31(36)39/h3-8,17-18,20,22-23H,9-16,19H2,1-2H3,(H,34,39). The highest BCUT2D eigenvalue weighted by Crippen LogP contribution is 2.39. The maximum absolute atomic E-state index is 13.7. The van der Waals surface area contributed by atoms with Crippen molar-refractivity contribution in [2.24, 2.45) is 0 Å². The van der Waals surface area contributed by atoms with Crippen LogP contribution in [-0.2, 0) is 11.2 Å². The Balaban J connectivity index is 1.11. The molecule has 1 fully saturated rings. The van der Waals surface area contributed by atoms with Gasteiger partial charge in [0.15, 0.2) is 0 Å². The van der Waals surface area contributed by atoms with Gasteiger partial charge >= 0.3 is 6.03 Å². The van der Waals surface area contributed by atoms with Gasteiger partial charge in [-0.3, -0.25) is 4.79 Å². The highest BCUT2D eigenvalue weighted by atomic mass is 16.5. The van der Waals surface area contributed by atoms with Crippen LogP contribution in [0.4, 0.5) is 22.0 Å². The van der Waals surface area contributed by atoms with Crippen molar-refractivity contribution in [2.45, 2.75) is 37.6 Å². The van der Waals surface area contributed by atoms with Crippen molar-refractivity contribution >= 4 is 29.1 Å². The number of rotatable bonds is 7. The molecule has 1 unspecified atom stereocenters. The number of ether oxygens (including phenoxy) is 2. The van der Waals surface area contributed by atoms with Crippen LogP contribution in [0.2, 0.25) is 0 Å². The number of amides is 3. The molecular formula is C31H36N6O4. The first-order valence-corrected chi connectivity index (χ1v) is 14.3. The lowest BCUT2D eigenvalue weighted by atomic mass is 9.98. The van der Waals surface area contributed by atoms with Crippen LogP contribution in [0, 0.1) is 0 Å². The predicted molar refractivity (Wildman–Crippen MR) is 157 cm³/mol. The first-order valence-electron chi connectivity index (χ1n) is 14.3. The number of benzene rings is 2. The number of nitrogens with zero attached hydrogens (tertiary/aromatic N) is 5. The number of hydrogen-bond donors (Lipinski definition) is 1. The summed E-state index contributed by atoms with van der Waals surface area (Å²) in [6.45, 7) is 3.40. The van der Waals surface area contributed by atoms with Crippen molar-refractivity contribution < 1.29 is 19.1 Å². The lowest BCUT2D eigenvalue weighted by molar-refractivity contribution is 0.0982. The number of fused-ring (bicyclic) bond motifs is 2. The van der Waals surface area contributed by atoms with E-state index in [9.17, 15) is 9.59 Å². The van der Waals surface area contributed by atoms with Crippen LogP contribution in [-0.4, -0.2) is 79.9 Å². The molecule has 6 rings (SSSR count). The molecule has 4 heterocycles. The fourth-order valence-corrected chi connectivity index (χ4v) is 6.28. The van der Waals surface area contributed by atoms with E-state index >= 15 is 0 Å². The SMILES string of the molecule is COCCC1CN(C(=O)c2cc(N3CCC(N4CCc5cc(OC)ccc5NC4=O)CC3)ncn2)c2ccccc21. The molecule has 1 N–H and O–H groups in total. The summed E-state index contributed by atoms with van der Waals surface area (Å²) in [5.41, 5.74) is 4.44. The average Bonchev–Trinajstić information content (AvgIpc) is 3.30. The van der Waals surface area contributed by atoms with Gasteiger partial charge in [-0.15, -0.1) is 0 Å². The van der Waals surface area contributed by atoms with Crippen LogP contribution in [0.3, 0.4) is 0 Å². The lowest BCUT2D eigenvalue weighted by Crippen LogP contribution is -2.49. The minimum absolute atomic E-state index is 0.0583. The van der Waals surface area contributed by atoms with Crippen LogP contribution in [0.1, 0.15) is 46.8 Å². The van der Waals surface area contributed by atoms with E-state index < -0.39 is 0 Å². The topological polar surface area (TPSA) is 100 Å². The van der Waals surface area contributed by atoms with E-state index in [1.807, 2.05) is 46.2 Å². The summed E-state index contributed by atoms with van der Waals surface area (Å²) in [7, 11) is 3.35. The zero-order valence-corrected chi connectivity index (χ0v) is 23.6. The van der Waals surface area contributed by atoms with Gasteiger partial charge in [-0.2, -0.15) is 0 Å². The average molecular weight is 557 g/mol. The van der Waals surface area contributed by atoms with Crippen molar-refractivity contribution in [1.29, 1.82) is 0 Å². The number of carbonyl (C=O) groups excluding carboxylic acids is 2. The Morgan fingerprint density at radius 1 is 1.05 bits per heavy atom. The second kappa shape index (κ2) is 11.7. The monoisotopic (exact) mass is 556 g/mol. The molecule has 10 heteroatoms. The largest absolute Gasteiger partial charge is 0.497 e. The summed E-state index contributed by atoms with van der Waals surface area (Å²) in [4.78, 5) is 41.6. The smallest absolute Gasteiger partial charge is 0.322 e. The van der Waals surface area contributed by atoms with Gasteiger partial charge in [0.25, 0.3) is 5.91 Å². The Hall–Kier alpha value is -4.18. The number of hydrogen-bond acceptors (Lipinski definition) is 7. The van der Waals surface area contributed by atoms with Crippen molar-refractivity contribution in [3.63, 3.8) is 0 Å². The molecule has 0 spiro atoms. The number of urea groups is 1. The molecule has 0 saturated carbocycles. The maximum Gasteiger partial charge on any atom is 0.322 e. The number of para-hydroxylation sites is 1. The molecule has 1 atom stereocenters. The highest BCUT2D eigenvalue weighted by molar-refractivity contribution is 6.06. The van der Waals surface area contributed by atoms with E-state index in [-0.39, 0.29) is 23.9 Å².